The van der Waals surface area contributed by atoms with Crippen molar-refractivity contribution in [2.24, 2.45) is 0 Å². The number of nitrogens with one attached hydrogen (secondary N) is 1. The summed E-state index contributed by atoms with van der Waals surface area (Å²) >= 11 is 0. The zero-order valence-electron chi connectivity index (χ0n) is 14.3. The van der Waals surface area contributed by atoms with Gasteiger partial charge in [-0.15, -0.1) is 0 Å². The van der Waals surface area contributed by atoms with Crippen molar-refractivity contribution in [3.8, 4) is 5.75 Å². The molecule has 2 aliphatic rings. The number of para-hydroxylation sites is 1. The Balaban J connectivity index is 1.44. The lowest BCUT2D eigenvalue weighted by Gasteiger charge is -2.34. The van der Waals surface area contributed by atoms with E-state index in [1.807, 2.05) is 37.4 Å². The fourth-order valence-electron chi connectivity index (χ4n) is 3.55. The summed E-state index contributed by atoms with van der Waals surface area (Å²) in [5.41, 5.74) is 3.27. The van der Waals surface area contributed by atoms with Gasteiger partial charge in [-0.3, -0.25) is 9.69 Å². The summed E-state index contributed by atoms with van der Waals surface area (Å²) in [4.78, 5) is 23.4. The average molecular weight is 338 g/mol. The van der Waals surface area contributed by atoms with Crippen molar-refractivity contribution in [3.05, 3.63) is 53.6 Å². The lowest BCUT2D eigenvalue weighted by molar-refractivity contribution is -0.127. The molecule has 0 saturated carbocycles. The molecule has 6 heteroatoms. The van der Waals surface area contributed by atoms with Crippen molar-refractivity contribution in [2.45, 2.75) is 38.4 Å². The first kappa shape index (κ1) is 16.0. The minimum Gasteiger partial charge on any atom is -0.493 e. The van der Waals surface area contributed by atoms with Crippen LogP contribution in [0.5, 0.6) is 5.75 Å². The van der Waals surface area contributed by atoms with Gasteiger partial charge in [0.15, 0.2) is 0 Å². The number of carbonyl (C=O) groups excluding carboxylic acids is 1. The summed E-state index contributed by atoms with van der Waals surface area (Å²) in [6, 6.07) is 7.74. The molecule has 130 valence electrons. The summed E-state index contributed by atoms with van der Waals surface area (Å²) in [5.74, 6) is 0.925. The molecule has 1 amide bonds. The maximum atomic E-state index is 12.8. The van der Waals surface area contributed by atoms with E-state index in [-0.39, 0.29) is 18.0 Å². The van der Waals surface area contributed by atoms with Crippen LogP contribution in [0.15, 0.2) is 36.8 Å². The van der Waals surface area contributed by atoms with Gasteiger partial charge in [-0.2, -0.15) is 0 Å². The van der Waals surface area contributed by atoms with Gasteiger partial charge in [0.1, 0.15) is 12.1 Å². The van der Waals surface area contributed by atoms with Crippen molar-refractivity contribution in [2.75, 3.05) is 13.2 Å². The van der Waals surface area contributed by atoms with Crippen LogP contribution in [0, 0.1) is 0 Å². The number of fused-ring (bicyclic) bond motifs is 2. The van der Waals surface area contributed by atoms with Crippen LogP contribution in [0.4, 0.5) is 0 Å². The van der Waals surface area contributed by atoms with Crippen LogP contribution in [-0.4, -0.2) is 40.0 Å². The Hall–Kier alpha value is -2.47. The van der Waals surface area contributed by atoms with E-state index in [9.17, 15) is 4.79 Å². The number of rotatable bonds is 3. The zero-order valence-corrected chi connectivity index (χ0v) is 14.3. The molecule has 0 bridgehead atoms. The summed E-state index contributed by atoms with van der Waals surface area (Å²) in [7, 11) is 0. The zero-order chi connectivity index (χ0) is 17.2. The molecule has 4 rings (SSSR count). The molecule has 2 aliphatic heterocycles. The molecular formula is C19H22N4O2. The number of hydrogen-bond acceptors (Lipinski definition) is 5. The summed E-state index contributed by atoms with van der Waals surface area (Å²) in [5, 5.41) is 3.20. The third-order valence-electron chi connectivity index (χ3n) is 5.10. The summed E-state index contributed by atoms with van der Waals surface area (Å²) < 4.78 is 5.68. The predicted molar refractivity (Wildman–Crippen MR) is 93.0 cm³/mol. The van der Waals surface area contributed by atoms with Gasteiger partial charge in [-0.05, 0) is 25.0 Å². The van der Waals surface area contributed by atoms with Crippen molar-refractivity contribution in [1.29, 1.82) is 0 Å². The van der Waals surface area contributed by atoms with Crippen LogP contribution < -0.4 is 10.1 Å². The Morgan fingerprint density at radius 2 is 2.28 bits per heavy atom. The second-order valence-corrected chi connectivity index (χ2v) is 6.63. The van der Waals surface area contributed by atoms with Gasteiger partial charge < -0.3 is 10.1 Å². The topological polar surface area (TPSA) is 67.3 Å². The first-order valence-corrected chi connectivity index (χ1v) is 8.76. The second-order valence-electron chi connectivity index (χ2n) is 6.63. The van der Waals surface area contributed by atoms with E-state index < -0.39 is 0 Å². The van der Waals surface area contributed by atoms with E-state index in [0.717, 1.165) is 36.4 Å². The lowest BCUT2D eigenvalue weighted by Crippen LogP contribution is -2.48. The van der Waals surface area contributed by atoms with Crippen molar-refractivity contribution < 1.29 is 9.53 Å². The smallest absolute Gasteiger partial charge is 0.237 e. The average Bonchev–Trinajstić information content (AvgIpc) is 2.67. The number of benzene rings is 1. The summed E-state index contributed by atoms with van der Waals surface area (Å²) in [6.07, 6.45) is 5.13. The first-order valence-electron chi connectivity index (χ1n) is 8.76. The van der Waals surface area contributed by atoms with Gasteiger partial charge in [0, 0.05) is 31.3 Å². The van der Waals surface area contributed by atoms with E-state index in [4.69, 9.17) is 4.74 Å². The van der Waals surface area contributed by atoms with Crippen molar-refractivity contribution in [1.82, 2.24) is 20.2 Å². The molecule has 1 aromatic heterocycles. The monoisotopic (exact) mass is 338 g/mol. The van der Waals surface area contributed by atoms with E-state index in [1.165, 1.54) is 5.56 Å². The maximum absolute atomic E-state index is 12.8. The Labute approximate surface area is 147 Å². The minimum atomic E-state index is -0.196. The van der Waals surface area contributed by atoms with Crippen LogP contribution in [0.1, 0.15) is 36.2 Å². The number of amides is 1. The summed E-state index contributed by atoms with van der Waals surface area (Å²) in [6.45, 7) is 4.13. The van der Waals surface area contributed by atoms with E-state index in [1.54, 1.807) is 6.33 Å². The molecule has 3 heterocycles. The maximum Gasteiger partial charge on any atom is 0.237 e. The largest absolute Gasteiger partial charge is 0.493 e. The number of nitrogens with zero attached hydrogens (tertiary/aromatic N) is 3. The fraction of sp³-hybridized carbons (Fsp3) is 0.421. The van der Waals surface area contributed by atoms with Crippen LogP contribution in [0.3, 0.4) is 0 Å². The molecule has 0 fully saturated rings. The molecule has 0 spiro atoms. The van der Waals surface area contributed by atoms with Crippen LogP contribution >= 0.6 is 0 Å². The number of ether oxygens (including phenoxy) is 1. The third kappa shape index (κ3) is 3.22. The predicted octanol–water partition coefficient (Wildman–Crippen LogP) is 1.86. The van der Waals surface area contributed by atoms with E-state index >= 15 is 0 Å². The Morgan fingerprint density at radius 1 is 1.40 bits per heavy atom. The molecule has 6 nitrogen and oxygen atoms in total. The van der Waals surface area contributed by atoms with Gasteiger partial charge in [-0.1, -0.05) is 18.2 Å². The standard InChI is InChI=1S/C19H22N4O2/c1-13(23-8-6-14-10-20-12-21-17(14)11-23)19(24)22-16-7-9-25-18-5-3-2-4-15(16)18/h2-5,10,12-13,16H,6-9,11H2,1H3,(H,22,24)/t13-,16-/m0/s1. The Bertz CT molecular complexity index is 780. The molecule has 25 heavy (non-hydrogen) atoms. The molecule has 1 N–H and O–H groups in total. The van der Waals surface area contributed by atoms with Crippen LogP contribution in [-0.2, 0) is 17.8 Å². The highest BCUT2D eigenvalue weighted by molar-refractivity contribution is 5.82. The molecule has 0 saturated heterocycles. The van der Waals surface area contributed by atoms with Gasteiger partial charge in [0.2, 0.25) is 5.91 Å². The first-order chi connectivity index (χ1) is 12.2. The molecular weight excluding hydrogens is 316 g/mol. The number of hydrogen-bond donors (Lipinski definition) is 1. The van der Waals surface area contributed by atoms with Crippen LogP contribution in [0.25, 0.3) is 0 Å². The molecule has 2 atom stereocenters. The SMILES string of the molecule is C[C@@H](C(=O)N[C@H]1CCOc2ccccc21)N1CCc2cncnc2C1. The Morgan fingerprint density at radius 3 is 3.20 bits per heavy atom. The van der Waals surface area contributed by atoms with E-state index in [0.29, 0.717) is 13.2 Å². The van der Waals surface area contributed by atoms with Crippen molar-refractivity contribution in [3.63, 3.8) is 0 Å². The highest BCUT2D eigenvalue weighted by Crippen LogP contribution is 2.31. The highest BCUT2D eigenvalue weighted by Gasteiger charge is 2.29. The van der Waals surface area contributed by atoms with Crippen LogP contribution in [0.2, 0.25) is 0 Å². The molecule has 0 aliphatic carbocycles. The molecule has 2 aromatic rings. The quantitative estimate of drug-likeness (QED) is 0.925. The molecule has 0 unspecified atom stereocenters. The Kier molecular flexibility index (Phi) is 4.36. The van der Waals surface area contributed by atoms with Gasteiger partial charge in [0.25, 0.3) is 0 Å². The van der Waals surface area contributed by atoms with Gasteiger partial charge in [0.05, 0.1) is 24.4 Å². The third-order valence-corrected chi connectivity index (χ3v) is 5.10. The fourth-order valence-corrected chi connectivity index (χ4v) is 3.55. The second kappa shape index (κ2) is 6.80. The normalized spacial score (nSPS) is 20.8. The van der Waals surface area contributed by atoms with Gasteiger partial charge >= 0.3 is 0 Å². The highest BCUT2D eigenvalue weighted by atomic mass is 16.5. The van der Waals surface area contributed by atoms with Crippen molar-refractivity contribution >= 4 is 5.91 Å². The lowest BCUT2D eigenvalue weighted by atomic mass is 10.00. The van der Waals surface area contributed by atoms with E-state index in [2.05, 4.69) is 20.2 Å². The number of aromatic nitrogens is 2. The molecule has 0 radical (unpaired) electrons. The molecule has 1 aromatic carbocycles. The van der Waals surface area contributed by atoms with Gasteiger partial charge in [-0.25, -0.2) is 9.97 Å². The minimum absolute atomic E-state index is 0.0132. The number of carbonyl (C=O) groups is 1.